The minimum Gasteiger partial charge on any atom is -0.496 e. The molecule has 4 aromatic rings. The lowest BCUT2D eigenvalue weighted by Gasteiger charge is -2.12. The molecule has 0 saturated carbocycles. The number of carbonyl (C=O) groups excluding carboxylic acids is 2. The quantitative estimate of drug-likeness (QED) is 0.350. The Kier molecular flexibility index (Phi) is 7.98. The molecule has 2 N–H and O–H groups in total. The van der Waals surface area contributed by atoms with Gasteiger partial charge < -0.3 is 20.1 Å². The van der Waals surface area contributed by atoms with Crippen molar-refractivity contribution in [1.29, 1.82) is 0 Å². The molecule has 178 valence electrons. The molecule has 0 fully saturated rings. The second-order valence-corrected chi connectivity index (χ2v) is 7.72. The lowest BCUT2D eigenvalue weighted by Crippen LogP contribution is -2.23. The lowest BCUT2D eigenvalue weighted by atomic mass is 10.1. The zero-order chi connectivity index (χ0) is 25.2. The van der Waals surface area contributed by atoms with E-state index < -0.39 is 5.91 Å². The van der Waals surface area contributed by atoms with Gasteiger partial charge in [-0.3, -0.25) is 9.59 Å². The molecule has 0 saturated heterocycles. The summed E-state index contributed by atoms with van der Waals surface area (Å²) in [6.45, 7) is 0.212. The van der Waals surface area contributed by atoms with E-state index in [4.69, 9.17) is 9.47 Å². The first-order valence-electron chi connectivity index (χ1n) is 11.3. The van der Waals surface area contributed by atoms with Crippen molar-refractivity contribution < 1.29 is 19.1 Å². The van der Waals surface area contributed by atoms with E-state index in [0.717, 1.165) is 11.3 Å². The highest BCUT2D eigenvalue weighted by Gasteiger charge is 2.10. The second kappa shape index (κ2) is 11.9. The van der Waals surface area contributed by atoms with E-state index in [1.54, 1.807) is 49.6 Å². The average Bonchev–Trinajstić information content (AvgIpc) is 2.92. The van der Waals surface area contributed by atoms with Gasteiger partial charge in [-0.15, -0.1) is 0 Å². The molecule has 36 heavy (non-hydrogen) atoms. The topological polar surface area (TPSA) is 76.7 Å². The molecule has 2 amide bonds. The number of anilines is 1. The van der Waals surface area contributed by atoms with Gasteiger partial charge in [-0.1, -0.05) is 42.3 Å². The third-order valence-electron chi connectivity index (χ3n) is 5.17. The highest BCUT2D eigenvalue weighted by Crippen LogP contribution is 2.24. The molecule has 6 nitrogen and oxygen atoms in total. The first kappa shape index (κ1) is 24.1. The summed E-state index contributed by atoms with van der Waals surface area (Å²) in [5, 5.41) is 5.64. The predicted molar refractivity (Wildman–Crippen MR) is 139 cm³/mol. The van der Waals surface area contributed by atoms with Crippen LogP contribution in [0.15, 0.2) is 103 Å². The average molecular weight is 477 g/mol. The number of hydrogen-bond acceptors (Lipinski definition) is 4. The second-order valence-electron chi connectivity index (χ2n) is 7.72. The summed E-state index contributed by atoms with van der Waals surface area (Å²) >= 11 is 0. The first-order chi connectivity index (χ1) is 17.6. The number of methoxy groups -OCH3 is 1. The van der Waals surface area contributed by atoms with E-state index in [1.165, 1.54) is 0 Å². The monoisotopic (exact) mass is 476 g/mol. The molecule has 0 aliphatic rings. The van der Waals surface area contributed by atoms with Crippen LogP contribution in [0.25, 0.3) is 0 Å². The van der Waals surface area contributed by atoms with E-state index in [2.05, 4.69) is 22.5 Å². The van der Waals surface area contributed by atoms with Gasteiger partial charge in [0.15, 0.2) is 0 Å². The number of benzene rings is 4. The van der Waals surface area contributed by atoms with Crippen molar-refractivity contribution in [2.24, 2.45) is 0 Å². The van der Waals surface area contributed by atoms with Crippen LogP contribution in [-0.4, -0.2) is 18.9 Å². The highest BCUT2D eigenvalue weighted by molar-refractivity contribution is 6.04. The third-order valence-corrected chi connectivity index (χ3v) is 5.17. The van der Waals surface area contributed by atoms with Crippen LogP contribution in [0.5, 0.6) is 17.2 Å². The molecule has 0 aliphatic carbocycles. The normalized spacial score (nSPS) is 9.92. The van der Waals surface area contributed by atoms with Crippen LogP contribution in [-0.2, 0) is 11.3 Å². The Labute approximate surface area is 209 Å². The molecule has 4 aromatic carbocycles. The molecule has 0 heterocycles. The fourth-order valence-corrected chi connectivity index (χ4v) is 3.38. The van der Waals surface area contributed by atoms with Crippen molar-refractivity contribution >= 4 is 17.5 Å². The summed E-state index contributed by atoms with van der Waals surface area (Å²) < 4.78 is 11.2. The Balaban J connectivity index is 1.37. The Morgan fingerprint density at radius 2 is 1.47 bits per heavy atom. The Hall–Kier alpha value is -5.02. The van der Waals surface area contributed by atoms with E-state index >= 15 is 0 Å². The van der Waals surface area contributed by atoms with Crippen LogP contribution in [0.3, 0.4) is 0 Å². The van der Waals surface area contributed by atoms with Crippen LogP contribution in [0.4, 0.5) is 5.69 Å². The predicted octanol–water partition coefficient (Wildman–Crippen LogP) is 5.41. The van der Waals surface area contributed by atoms with Crippen molar-refractivity contribution in [3.05, 3.63) is 120 Å². The van der Waals surface area contributed by atoms with Crippen molar-refractivity contribution in [1.82, 2.24) is 5.32 Å². The van der Waals surface area contributed by atoms with E-state index in [-0.39, 0.29) is 12.5 Å². The summed E-state index contributed by atoms with van der Waals surface area (Å²) in [6.07, 6.45) is 0. The number of amides is 2. The van der Waals surface area contributed by atoms with E-state index in [9.17, 15) is 9.59 Å². The summed E-state index contributed by atoms with van der Waals surface area (Å²) in [5.74, 6) is 6.68. The molecule has 0 aliphatic heterocycles. The minimum atomic E-state index is -0.434. The molecule has 0 radical (unpaired) electrons. The third kappa shape index (κ3) is 6.75. The van der Waals surface area contributed by atoms with Crippen LogP contribution >= 0.6 is 0 Å². The Morgan fingerprint density at radius 3 is 2.17 bits per heavy atom. The molecular formula is C30H24N2O4. The van der Waals surface area contributed by atoms with Gasteiger partial charge in [0.25, 0.3) is 5.91 Å². The van der Waals surface area contributed by atoms with Crippen LogP contribution in [0.1, 0.15) is 21.5 Å². The Morgan fingerprint density at radius 1 is 0.806 bits per heavy atom. The van der Waals surface area contributed by atoms with Crippen LogP contribution in [0, 0.1) is 11.8 Å². The fourth-order valence-electron chi connectivity index (χ4n) is 3.38. The summed E-state index contributed by atoms with van der Waals surface area (Å²) in [6, 6.07) is 30.8. The molecule has 0 bridgehead atoms. The summed E-state index contributed by atoms with van der Waals surface area (Å²) in [5.41, 5.74) is 2.51. The van der Waals surface area contributed by atoms with Crippen LogP contribution < -0.4 is 20.1 Å². The number of carbonyl (C=O) groups is 2. The van der Waals surface area contributed by atoms with Crippen molar-refractivity contribution in [3.8, 4) is 29.1 Å². The molecule has 0 aromatic heterocycles. The maximum atomic E-state index is 12.7. The molecule has 0 spiro atoms. The molecular weight excluding hydrogens is 452 g/mol. The summed E-state index contributed by atoms with van der Waals surface area (Å²) in [7, 11) is 1.55. The zero-order valence-electron chi connectivity index (χ0n) is 19.7. The minimum absolute atomic E-state index is 0.212. The highest BCUT2D eigenvalue weighted by atomic mass is 16.5. The molecule has 6 heteroatoms. The van der Waals surface area contributed by atoms with Gasteiger partial charge in [0.05, 0.1) is 7.11 Å². The SMILES string of the molecule is COc1ccc(NC(=O)C#Cc2ccccc2)cc1CNC(=O)c1ccc(Oc2ccccc2)cc1. The van der Waals surface area contributed by atoms with Crippen LogP contribution in [0.2, 0.25) is 0 Å². The fraction of sp³-hybridized carbons (Fsp3) is 0.0667. The van der Waals surface area contributed by atoms with Crippen molar-refractivity contribution in [3.63, 3.8) is 0 Å². The van der Waals surface area contributed by atoms with Gasteiger partial charge in [-0.25, -0.2) is 0 Å². The number of hydrogen-bond donors (Lipinski definition) is 2. The van der Waals surface area contributed by atoms with Crippen molar-refractivity contribution in [2.75, 3.05) is 12.4 Å². The molecule has 4 rings (SSSR count). The van der Waals surface area contributed by atoms with E-state index in [0.29, 0.717) is 28.3 Å². The zero-order valence-corrected chi connectivity index (χ0v) is 19.7. The lowest BCUT2D eigenvalue weighted by molar-refractivity contribution is -0.111. The van der Waals surface area contributed by atoms with Gasteiger partial charge >= 0.3 is 5.91 Å². The maximum Gasteiger partial charge on any atom is 0.300 e. The number of rotatable bonds is 7. The van der Waals surface area contributed by atoms with Crippen molar-refractivity contribution in [2.45, 2.75) is 6.54 Å². The smallest absolute Gasteiger partial charge is 0.300 e. The largest absolute Gasteiger partial charge is 0.496 e. The van der Waals surface area contributed by atoms with Gasteiger partial charge in [0, 0.05) is 34.8 Å². The first-order valence-corrected chi connectivity index (χ1v) is 11.3. The van der Waals surface area contributed by atoms with Gasteiger partial charge in [0.2, 0.25) is 0 Å². The Bertz CT molecular complexity index is 1390. The summed E-state index contributed by atoms with van der Waals surface area (Å²) in [4.78, 5) is 24.9. The van der Waals surface area contributed by atoms with Gasteiger partial charge in [-0.05, 0) is 66.7 Å². The number of ether oxygens (including phenoxy) is 2. The standard InChI is InChI=1S/C30H24N2O4/c1-35-28-18-15-25(32-29(33)19-12-22-8-4-2-5-9-22)20-24(28)21-31-30(34)23-13-16-27(17-14-23)36-26-10-6-3-7-11-26/h2-11,13-18,20H,21H2,1H3,(H,31,34)(H,32,33). The maximum absolute atomic E-state index is 12.7. The van der Waals surface area contributed by atoms with Gasteiger partial charge in [-0.2, -0.15) is 0 Å². The number of nitrogens with one attached hydrogen (secondary N) is 2. The van der Waals surface area contributed by atoms with E-state index in [1.807, 2.05) is 60.7 Å². The van der Waals surface area contributed by atoms with Gasteiger partial charge in [0.1, 0.15) is 17.2 Å². The molecule has 0 atom stereocenters. The molecule has 0 unspecified atom stereocenters. The number of para-hydroxylation sites is 1.